The topological polar surface area (TPSA) is 74.2 Å². The van der Waals surface area contributed by atoms with Crippen molar-refractivity contribution in [3.8, 4) is 17.2 Å². The van der Waals surface area contributed by atoms with Crippen LogP contribution in [0.2, 0.25) is 0 Å². The van der Waals surface area contributed by atoms with E-state index in [0.29, 0.717) is 5.75 Å². The summed E-state index contributed by atoms with van der Waals surface area (Å²) in [6.45, 7) is 0.276. The van der Waals surface area contributed by atoms with Gasteiger partial charge in [-0.1, -0.05) is 66.7 Å². The van der Waals surface area contributed by atoms with Crippen LogP contribution in [0.4, 0.5) is 0 Å². The van der Waals surface area contributed by atoms with Crippen molar-refractivity contribution in [1.82, 2.24) is 0 Å². The first-order valence-electron chi connectivity index (χ1n) is 11.0. The first-order chi connectivity index (χ1) is 17.0. The fourth-order valence-corrected chi connectivity index (χ4v) is 4.30. The summed E-state index contributed by atoms with van der Waals surface area (Å²) in [6, 6.07) is 32.6. The maximum absolute atomic E-state index is 11.0. The van der Waals surface area contributed by atoms with Crippen molar-refractivity contribution in [2.75, 3.05) is 14.2 Å². The molecule has 1 N–H and O–H groups in total. The summed E-state index contributed by atoms with van der Waals surface area (Å²) in [7, 11) is 0.563. The van der Waals surface area contributed by atoms with Crippen LogP contribution in [0, 0.1) is 0 Å². The van der Waals surface area contributed by atoms with Crippen molar-refractivity contribution < 1.29 is 28.2 Å². The number of hydrogen-bond acceptors (Lipinski definition) is 5. The molecule has 0 aliphatic carbocycles. The Morgan fingerprint density at radius 2 is 1.11 bits per heavy atom. The predicted molar refractivity (Wildman–Crippen MR) is 134 cm³/mol. The summed E-state index contributed by atoms with van der Waals surface area (Å²) in [5, 5.41) is 0. The average molecular weight is 489 g/mol. The Morgan fingerprint density at radius 3 is 1.57 bits per heavy atom. The van der Waals surface area contributed by atoms with Gasteiger partial charge >= 0.3 is 8.25 Å². The molecule has 0 saturated heterocycles. The SMILES string of the molecule is COc1ccc(C(OCc2ccc(O[P+](=O)O)cc2)(c2ccccc2)c2ccc(OC)cc2)cc1. The van der Waals surface area contributed by atoms with E-state index < -0.39 is 13.9 Å². The quantitative estimate of drug-likeness (QED) is 0.210. The zero-order valence-corrected chi connectivity index (χ0v) is 20.4. The Hall–Kier alpha value is -3.70. The van der Waals surface area contributed by atoms with E-state index >= 15 is 0 Å². The zero-order valence-electron chi connectivity index (χ0n) is 19.5. The molecule has 0 aliphatic rings. The van der Waals surface area contributed by atoms with E-state index in [9.17, 15) is 4.57 Å². The minimum Gasteiger partial charge on any atom is -0.497 e. The maximum Gasteiger partial charge on any atom is 0.747 e. The van der Waals surface area contributed by atoms with Crippen LogP contribution in [0.3, 0.4) is 0 Å². The minimum atomic E-state index is -2.71. The fourth-order valence-electron chi connectivity index (χ4n) is 4.00. The molecule has 7 heteroatoms. The summed E-state index contributed by atoms with van der Waals surface area (Å²) in [6.07, 6.45) is 0. The van der Waals surface area contributed by atoms with Crippen LogP contribution >= 0.6 is 8.25 Å². The number of ether oxygens (including phenoxy) is 3. The lowest BCUT2D eigenvalue weighted by Gasteiger charge is -2.36. The van der Waals surface area contributed by atoms with Gasteiger partial charge in [0.05, 0.1) is 20.8 Å². The van der Waals surface area contributed by atoms with Crippen molar-refractivity contribution in [3.63, 3.8) is 0 Å². The van der Waals surface area contributed by atoms with Gasteiger partial charge in [0.25, 0.3) is 0 Å². The third-order valence-corrected chi connectivity index (χ3v) is 6.10. The average Bonchev–Trinajstić information content (AvgIpc) is 2.91. The number of hydrogen-bond donors (Lipinski definition) is 1. The summed E-state index contributed by atoms with van der Waals surface area (Å²) in [4.78, 5) is 8.98. The minimum absolute atomic E-state index is 0.276. The third kappa shape index (κ3) is 5.52. The van der Waals surface area contributed by atoms with Crippen LogP contribution < -0.4 is 14.0 Å². The molecule has 6 nitrogen and oxygen atoms in total. The molecule has 4 aromatic carbocycles. The molecule has 0 aliphatic heterocycles. The first kappa shape index (κ1) is 24.4. The monoisotopic (exact) mass is 489 g/mol. The summed E-state index contributed by atoms with van der Waals surface area (Å²) in [5.41, 5.74) is 2.79. The fraction of sp³-hybridized carbons (Fsp3) is 0.143. The van der Waals surface area contributed by atoms with Crippen LogP contribution in [-0.4, -0.2) is 19.1 Å². The van der Waals surface area contributed by atoms with E-state index in [0.717, 1.165) is 33.8 Å². The van der Waals surface area contributed by atoms with Gasteiger partial charge in [-0.05, 0) is 58.7 Å². The highest BCUT2D eigenvalue weighted by Crippen LogP contribution is 2.42. The van der Waals surface area contributed by atoms with E-state index in [4.69, 9.17) is 23.6 Å². The summed E-state index contributed by atoms with van der Waals surface area (Å²) < 4.78 is 33.4. The Balaban J connectivity index is 1.80. The van der Waals surface area contributed by atoms with E-state index in [1.807, 2.05) is 91.0 Å². The van der Waals surface area contributed by atoms with Crippen molar-refractivity contribution in [2.24, 2.45) is 0 Å². The molecule has 0 heterocycles. The Bertz CT molecular complexity index is 1190. The zero-order chi connectivity index (χ0) is 24.7. The standard InChI is InChI=1S/C28H25O6P/c1-31-25-16-10-23(11-17-25)28(22-6-4-3-5-7-22,24-12-18-26(32-2)19-13-24)33-20-21-8-14-27(15-9-21)34-35(29)30/h3-19H,20H2,1-2H3/p+1. The van der Waals surface area contributed by atoms with Gasteiger partial charge in [-0.2, -0.15) is 0 Å². The van der Waals surface area contributed by atoms with Crippen molar-refractivity contribution in [2.45, 2.75) is 12.2 Å². The molecular formula is C28H26O6P+. The van der Waals surface area contributed by atoms with Gasteiger partial charge in [-0.25, -0.2) is 4.52 Å². The smallest absolute Gasteiger partial charge is 0.497 e. The van der Waals surface area contributed by atoms with Gasteiger partial charge in [0.15, 0.2) is 5.75 Å². The van der Waals surface area contributed by atoms with E-state index in [1.54, 1.807) is 26.4 Å². The molecule has 0 spiro atoms. The van der Waals surface area contributed by atoms with E-state index in [-0.39, 0.29) is 6.61 Å². The highest BCUT2D eigenvalue weighted by atomic mass is 31.1. The molecule has 4 aromatic rings. The highest BCUT2D eigenvalue weighted by Gasteiger charge is 2.38. The molecule has 0 saturated carbocycles. The van der Waals surface area contributed by atoms with Gasteiger partial charge < -0.3 is 14.2 Å². The molecule has 0 bridgehead atoms. The van der Waals surface area contributed by atoms with Gasteiger partial charge in [0.1, 0.15) is 17.1 Å². The molecule has 178 valence electrons. The second-order valence-corrected chi connectivity index (χ2v) is 8.42. The van der Waals surface area contributed by atoms with Crippen LogP contribution in [0.1, 0.15) is 22.3 Å². The predicted octanol–water partition coefficient (Wildman–Crippen LogP) is 6.24. The molecule has 4 rings (SSSR count). The van der Waals surface area contributed by atoms with Crippen molar-refractivity contribution in [3.05, 3.63) is 125 Å². The Labute approximate surface area is 205 Å². The second kappa shape index (κ2) is 11.2. The van der Waals surface area contributed by atoms with Crippen LogP contribution in [-0.2, 0) is 21.5 Å². The summed E-state index contributed by atoms with van der Waals surface area (Å²) in [5.74, 6) is 1.82. The molecular weight excluding hydrogens is 463 g/mol. The molecule has 0 radical (unpaired) electrons. The van der Waals surface area contributed by atoms with Crippen LogP contribution in [0.25, 0.3) is 0 Å². The van der Waals surface area contributed by atoms with Crippen LogP contribution in [0.5, 0.6) is 17.2 Å². The van der Waals surface area contributed by atoms with Crippen molar-refractivity contribution >= 4 is 8.25 Å². The number of benzene rings is 4. The number of methoxy groups -OCH3 is 2. The van der Waals surface area contributed by atoms with E-state index in [2.05, 4.69) is 0 Å². The van der Waals surface area contributed by atoms with E-state index in [1.165, 1.54) is 0 Å². The maximum atomic E-state index is 11.0. The molecule has 1 atom stereocenters. The Morgan fingerprint density at radius 1 is 0.657 bits per heavy atom. The molecule has 1 unspecified atom stereocenters. The lowest BCUT2D eigenvalue weighted by atomic mass is 9.80. The molecule has 0 aromatic heterocycles. The highest BCUT2D eigenvalue weighted by molar-refractivity contribution is 7.32. The lowest BCUT2D eigenvalue weighted by Crippen LogP contribution is -2.32. The lowest BCUT2D eigenvalue weighted by molar-refractivity contribution is 0.000187. The first-order valence-corrected chi connectivity index (χ1v) is 12.1. The van der Waals surface area contributed by atoms with Crippen LogP contribution in [0.15, 0.2) is 103 Å². The van der Waals surface area contributed by atoms with Crippen molar-refractivity contribution in [1.29, 1.82) is 0 Å². The number of rotatable bonds is 10. The second-order valence-electron chi connectivity index (χ2n) is 7.77. The van der Waals surface area contributed by atoms with Gasteiger partial charge in [0, 0.05) is 4.57 Å². The summed E-state index contributed by atoms with van der Waals surface area (Å²) >= 11 is 0. The molecule has 0 amide bonds. The largest absolute Gasteiger partial charge is 0.747 e. The van der Waals surface area contributed by atoms with Gasteiger partial charge in [-0.3, -0.25) is 0 Å². The molecule has 35 heavy (non-hydrogen) atoms. The van der Waals surface area contributed by atoms with Gasteiger partial charge in [-0.15, -0.1) is 4.89 Å². The van der Waals surface area contributed by atoms with Gasteiger partial charge in [0.2, 0.25) is 0 Å². The third-order valence-electron chi connectivity index (χ3n) is 5.74. The Kier molecular flexibility index (Phi) is 7.78. The normalized spacial score (nSPS) is 11.6. The molecule has 0 fully saturated rings.